The molecule has 4 aromatic rings. The fraction of sp³-hybridized carbons (Fsp3) is 0.0833. The summed E-state index contributed by atoms with van der Waals surface area (Å²) in [6.45, 7) is 2.00. The predicted octanol–water partition coefficient (Wildman–Crippen LogP) is 5.72. The van der Waals surface area contributed by atoms with E-state index >= 15 is 0 Å². The quantitative estimate of drug-likeness (QED) is 0.408. The number of imidazole rings is 1. The molecule has 0 aliphatic carbocycles. The van der Waals surface area contributed by atoms with Crippen molar-refractivity contribution in [1.82, 2.24) is 9.55 Å². The Morgan fingerprint density at radius 1 is 1.00 bits per heavy atom. The second-order valence-corrected chi connectivity index (χ2v) is 7.77. The normalized spacial score (nSPS) is 10.7. The van der Waals surface area contributed by atoms with Gasteiger partial charge in [-0.1, -0.05) is 59.8 Å². The molecule has 0 spiro atoms. The number of halogens is 1. The first-order chi connectivity index (χ1) is 14.6. The number of benzene rings is 3. The maximum absolute atomic E-state index is 13.4. The van der Waals surface area contributed by atoms with Gasteiger partial charge in [-0.3, -0.25) is 9.36 Å². The summed E-state index contributed by atoms with van der Waals surface area (Å²) in [6, 6.07) is 23.7. The summed E-state index contributed by atoms with van der Waals surface area (Å²) in [5.74, 6) is -0.201. The number of nitrogens with zero attached hydrogens (tertiary/aromatic N) is 2. The average molecular weight is 418 g/mol. The van der Waals surface area contributed by atoms with Crippen molar-refractivity contribution >= 4 is 23.4 Å². The summed E-state index contributed by atoms with van der Waals surface area (Å²) < 4.78 is 15.3. The third kappa shape index (κ3) is 4.78. The Morgan fingerprint density at radius 2 is 1.70 bits per heavy atom. The molecule has 0 unspecified atom stereocenters. The van der Waals surface area contributed by atoms with Crippen molar-refractivity contribution in [1.29, 1.82) is 0 Å². The monoisotopic (exact) mass is 417 g/mol. The largest absolute Gasteiger partial charge is 0.325 e. The summed E-state index contributed by atoms with van der Waals surface area (Å²) in [7, 11) is 0. The lowest BCUT2D eigenvalue weighted by atomic mass is 10.2. The van der Waals surface area contributed by atoms with Crippen LogP contribution in [0.3, 0.4) is 0 Å². The maximum atomic E-state index is 13.4. The molecule has 1 N–H and O–H groups in total. The van der Waals surface area contributed by atoms with Crippen LogP contribution in [-0.2, 0) is 4.79 Å². The molecule has 3 aromatic carbocycles. The first-order valence-corrected chi connectivity index (χ1v) is 10.5. The molecule has 0 bridgehead atoms. The van der Waals surface area contributed by atoms with Crippen LogP contribution in [0.5, 0.6) is 0 Å². The Labute approximate surface area is 178 Å². The molecule has 1 amide bonds. The minimum atomic E-state index is -0.297. The highest BCUT2D eigenvalue weighted by Crippen LogP contribution is 2.27. The standard InChI is InChI=1S/C24H20FN3OS/c1-17-7-11-20(12-8-17)26-23(29)16-30-24-27-22(18-5-3-2-4-6-18)15-28(24)21-13-9-19(25)10-14-21/h2-15H,16H2,1H3,(H,26,29). The summed E-state index contributed by atoms with van der Waals surface area (Å²) in [5, 5.41) is 3.56. The molecule has 0 aliphatic heterocycles. The molecule has 6 heteroatoms. The number of hydrogen-bond acceptors (Lipinski definition) is 3. The van der Waals surface area contributed by atoms with Gasteiger partial charge in [0.2, 0.25) is 5.91 Å². The summed E-state index contributed by atoms with van der Waals surface area (Å²) >= 11 is 1.34. The van der Waals surface area contributed by atoms with E-state index in [1.54, 1.807) is 12.1 Å². The first-order valence-electron chi connectivity index (χ1n) is 9.48. The van der Waals surface area contributed by atoms with E-state index in [9.17, 15) is 9.18 Å². The van der Waals surface area contributed by atoms with Crippen molar-refractivity contribution in [3.8, 4) is 16.9 Å². The maximum Gasteiger partial charge on any atom is 0.234 e. The van der Waals surface area contributed by atoms with Crippen LogP contribution < -0.4 is 5.32 Å². The fourth-order valence-corrected chi connectivity index (χ4v) is 3.76. The first kappa shape index (κ1) is 19.9. The number of nitrogens with one attached hydrogen (secondary N) is 1. The van der Waals surface area contributed by atoms with Crippen LogP contribution in [-0.4, -0.2) is 21.2 Å². The van der Waals surface area contributed by atoms with E-state index in [2.05, 4.69) is 5.32 Å². The van der Waals surface area contributed by atoms with Crippen LogP contribution in [0.2, 0.25) is 0 Å². The van der Waals surface area contributed by atoms with Crippen molar-refractivity contribution in [3.05, 3.63) is 96.4 Å². The van der Waals surface area contributed by atoms with E-state index in [0.29, 0.717) is 5.16 Å². The SMILES string of the molecule is Cc1ccc(NC(=O)CSc2nc(-c3ccccc3)cn2-c2ccc(F)cc2)cc1. The topological polar surface area (TPSA) is 46.9 Å². The molecule has 0 saturated carbocycles. The number of carbonyl (C=O) groups is 1. The second kappa shape index (κ2) is 8.97. The number of aromatic nitrogens is 2. The van der Waals surface area contributed by atoms with Crippen molar-refractivity contribution in [2.75, 3.05) is 11.1 Å². The van der Waals surface area contributed by atoms with Gasteiger partial charge >= 0.3 is 0 Å². The molecule has 0 atom stereocenters. The van der Waals surface area contributed by atoms with Crippen molar-refractivity contribution in [2.24, 2.45) is 0 Å². The zero-order valence-electron chi connectivity index (χ0n) is 16.4. The molecular formula is C24H20FN3OS. The van der Waals surface area contributed by atoms with Gasteiger partial charge in [-0.2, -0.15) is 0 Å². The van der Waals surface area contributed by atoms with Crippen LogP contribution in [0, 0.1) is 12.7 Å². The number of rotatable bonds is 6. The minimum Gasteiger partial charge on any atom is -0.325 e. The van der Waals surface area contributed by atoms with E-state index < -0.39 is 0 Å². The highest BCUT2D eigenvalue weighted by Gasteiger charge is 2.14. The van der Waals surface area contributed by atoms with E-state index in [-0.39, 0.29) is 17.5 Å². The lowest BCUT2D eigenvalue weighted by molar-refractivity contribution is -0.113. The molecule has 1 heterocycles. The van der Waals surface area contributed by atoms with Crippen LogP contribution in [0.15, 0.2) is 90.2 Å². The second-order valence-electron chi connectivity index (χ2n) is 6.82. The van der Waals surface area contributed by atoms with Crippen molar-refractivity contribution < 1.29 is 9.18 Å². The number of amides is 1. The van der Waals surface area contributed by atoms with Gasteiger partial charge < -0.3 is 5.32 Å². The molecule has 30 heavy (non-hydrogen) atoms. The summed E-state index contributed by atoms with van der Waals surface area (Å²) in [4.78, 5) is 17.1. The molecule has 0 aliphatic rings. The van der Waals surface area contributed by atoms with Gasteiger partial charge in [-0.05, 0) is 43.3 Å². The Kier molecular flexibility index (Phi) is 5.95. The number of carbonyl (C=O) groups excluding carboxylic acids is 1. The summed E-state index contributed by atoms with van der Waals surface area (Å²) in [5.41, 5.74) is 4.45. The molecule has 0 saturated heterocycles. The van der Waals surface area contributed by atoms with Crippen LogP contribution in [0.25, 0.3) is 16.9 Å². The van der Waals surface area contributed by atoms with Crippen molar-refractivity contribution in [2.45, 2.75) is 12.1 Å². The highest BCUT2D eigenvalue weighted by atomic mass is 32.2. The Balaban J connectivity index is 1.56. The van der Waals surface area contributed by atoms with Crippen LogP contribution >= 0.6 is 11.8 Å². The molecule has 4 nitrogen and oxygen atoms in total. The van der Waals surface area contributed by atoms with Gasteiger partial charge in [0.05, 0.1) is 11.4 Å². The minimum absolute atomic E-state index is 0.112. The Bertz CT molecular complexity index is 1140. The summed E-state index contributed by atoms with van der Waals surface area (Å²) in [6.07, 6.45) is 1.91. The van der Waals surface area contributed by atoms with Gasteiger partial charge in [0, 0.05) is 23.1 Å². The van der Waals surface area contributed by atoms with Gasteiger partial charge in [0.25, 0.3) is 0 Å². The number of hydrogen-bond donors (Lipinski definition) is 1. The number of thioether (sulfide) groups is 1. The van der Waals surface area contributed by atoms with Crippen molar-refractivity contribution in [3.63, 3.8) is 0 Å². The van der Waals surface area contributed by atoms with E-state index in [1.165, 1.54) is 23.9 Å². The molecular weight excluding hydrogens is 397 g/mol. The smallest absolute Gasteiger partial charge is 0.234 e. The van der Waals surface area contributed by atoms with Gasteiger partial charge in [0.15, 0.2) is 5.16 Å². The number of anilines is 1. The Morgan fingerprint density at radius 3 is 2.40 bits per heavy atom. The van der Waals surface area contributed by atoms with Gasteiger partial charge in [-0.15, -0.1) is 0 Å². The molecule has 4 rings (SSSR count). The van der Waals surface area contributed by atoms with E-state index in [1.807, 2.05) is 72.3 Å². The Hall–Kier alpha value is -3.38. The zero-order chi connectivity index (χ0) is 20.9. The van der Waals surface area contributed by atoms with Crippen LogP contribution in [0.4, 0.5) is 10.1 Å². The van der Waals surface area contributed by atoms with E-state index in [0.717, 1.165) is 28.2 Å². The molecule has 150 valence electrons. The lowest BCUT2D eigenvalue weighted by Crippen LogP contribution is -2.14. The van der Waals surface area contributed by atoms with E-state index in [4.69, 9.17) is 4.98 Å². The zero-order valence-corrected chi connectivity index (χ0v) is 17.2. The van der Waals surface area contributed by atoms with Gasteiger partial charge in [0.1, 0.15) is 5.82 Å². The average Bonchev–Trinajstić information content (AvgIpc) is 3.19. The third-order valence-corrected chi connectivity index (χ3v) is 5.47. The highest BCUT2D eigenvalue weighted by molar-refractivity contribution is 7.99. The van der Waals surface area contributed by atoms with Crippen LogP contribution in [0.1, 0.15) is 5.56 Å². The third-order valence-electron chi connectivity index (χ3n) is 4.52. The molecule has 0 fully saturated rings. The fourth-order valence-electron chi connectivity index (χ4n) is 2.96. The lowest BCUT2D eigenvalue weighted by Gasteiger charge is -2.08. The van der Waals surface area contributed by atoms with Gasteiger partial charge in [-0.25, -0.2) is 9.37 Å². The molecule has 0 radical (unpaired) electrons. The predicted molar refractivity (Wildman–Crippen MR) is 119 cm³/mol. The number of aryl methyl sites for hydroxylation is 1. The molecule has 1 aromatic heterocycles.